The molecular weight excluding hydrogens is 378 g/mol. The van der Waals surface area contributed by atoms with Crippen LogP contribution in [-0.4, -0.2) is 49.1 Å². The van der Waals surface area contributed by atoms with Crippen LogP contribution in [0.2, 0.25) is 0 Å². The van der Waals surface area contributed by atoms with E-state index in [0.717, 1.165) is 5.56 Å². The average Bonchev–Trinajstić information content (AvgIpc) is 2.63. The third-order valence-corrected chi connectivity index (χ3v) is 4.01. The summed E-state index contributed by atoms with van der Waals surface area (Å²) in [6, 6.07) is 6.85. The minimum absolute atomic E-state index is 0.176. The first kappa shape index (κ1) is 22.2. The standard InChI is InChI=1S/C20H27N3O6/c1-20(2,3)29-19(27)22-11-10-21-17(25)12-28-14-6-4-13(5-7-14)15-8-9-16(24)23-18(15)26/h4-7,15H,8-12H2,1-3H3,(H,21,25)(H,22,27)(H,23,24,26). The summed E-state index contributed by atoms with van der Waals surface area (Å²) in [6.45, 7) is 5.61. The van der Waals surface area contributed by atoms with E-state index in [1.807, 2.05) is 0 Å². The van der Waals surface area contributed by atoms with Gasteiger partial charge in [0.1, 0.15) is 11.4 Å². The predicted molar refractivity (Wildman–Crippen MR) is 104 cm³/mol. The second-order valence-corrected chi connectivity index (χ2v) is 7.64. The molecule has 0 aromatic heterocycles. The zero-order valence-electron chi connectivity index (χ0n) is 16.9. The monoisotopic (exact) mass is 405 g/mol. The summed E-state index contributed by atoms with van der Waals surface area (Å²) in [5.41, 5.74) is 0.217. The molecule has 1 atom stereocenters. The van der Waals surface area contributed by atoms with Gasteiger partial charge >= 0.3 is 6.09 Å². The average molecular weight is 405 g/mol. The van der Waals surface area contributed by atoms with E-state index in [1.54, 1.807) is 45.0 Å². The van der Waals surface area contributed by atoms with Gasteiger partial charge in [0, 0.05) is 19.5 Å². The summed E-state index contributed by atoms with van der Waals surface area (Å²) in [6.07, 6.45) is 0.251. The summed E-state index contributed by atoms with van der Waals surface area (Å²) in [5, 5.41) is 7.50. The molecule has 3 N–H and O–H groups in total. The number of hydrogen-bond donors (Lipinski definition) is 3. The summed E-state index contributed by atoms with van der Waals surface area (Å²) >= 11 is 0. The SMILES string of the molecule is CC(C)(C)OC(=O)NCCNC(=O)COc1ccc(C2CCC(=O)NC2=O)cc1. The van der Waals surface area contributed by atoms with Crippen molar-refractivity contribution in [2.45, 2.75) is 45.1 Å². The molecule has 0 bridgehead atoms. The topological polar surface area (TPSA) is 123 Å². The number of alkyl carbamates (subject to hydrolysis) is 1. The quantitative estimate of drug-likeness (QED) is 0.463. The second-order valence-electron chi connectivity index (χ2n) is 7.64. The molecule has 158 valence electrons. The van der Waals surface area contributed by atoms with Crippen molar-refractivity contribution in [2.24, 2.45) is 0 Å². The lowest BCUT2D eigenvalue weighted by Gasteiger charge is -2.21. The van der Waals surface area contributed by atoms with Gasteiger partial charge in [-0.05, 0) is 44.9 Å². The number of piperidine rings is 1. The van der Waals surface area contributed by atoms with E-state index in [-0.39, 0.29) is 43.3 Å². The highest BCUT2D eigenvalue weighted by atomic mass is 16.6. The van der Waals surface area contributed by atoms with Gasteiger partial charge in [-0.3, -0.25) is 19.7 Å². The van der Waals surface area contributed by atoms with Gasteiger partial charge in [-0.2, -0.15) is 0 Å². The maximum Gasteiger partial charge on any atom is 0.407 e. The Bertz CT molecular complexity index is 754. The van der Waals surface area contributed by atoms with Crippen molar-refractivity contribution >= 4 is 23.8 Å². The first-order valence-electron chi connectivity index (χ1n) is 9.44. The number of hydrogen-bond acceptors (Lipinski definition) is 6. The molecule has 1 aliphatic rings. The number of nitrogens with one attached hydrogen (secondary N) is 3. The van der Waals surface area contributed by atoms with Crippen LogP contribution in [0.15, 0.2) is 24.3 Å². The third kappa shape index (κ3) is 7.81. The van der Waals surface area contributed by atoms with E-state index in [9.17, 15) is 19.2 Å². The third-order valence-electron chi connectivity index (χ3n) is 4.01. The van der Waals surface area contributed by atoms with Crippen LogP contribution in [0.25, 0.3) is 0 Å². The zero-order valence-corrected chi connectivity index (χ0v) is 16.9. The molecule has 0 radical (unpaired) electrons. The van der Waals surface area contributed by atoms with Gasteiger partial charge in [0.15, 0.2) is 6.61 Å². The zero-order chi connectivity index (χ0) is 21.4. The van der Waals surface area contributed by atoms with E-state index < -0.39 is 11.7 Å². The van der Waals surface area contributed by atoms with Gasteiger partial charge in [0.2, 0.25) is 11.8 Å². The Labute approximate surface area is 169 Å². The Balaban J connectivity index is 1.68. The lowest BCUT2D eigenvalue weighted by molar-refractivity contribution is -0.134. The van der Waals surface area contributed by atoms with Gasteiger partial charge in [-0.1, -0.05) is 12.1 Å². The molecule has 0 saturated carbocycles. The van der Waals surface area contributed by atoms with E-state index in [0.29, 0.717) is 18.6 Å². The Hall–Kier alpha value is -3.10. The van der Waals surface area contributed by atoms with Crippen molar-refractivity contribution in [3.8, 4) is 5.75 Å². The molecule has 0 aliphatic carbocycles. The van der Waals surface area contributed by atoms with Gasteiger partial charge < -0.3 is 20.1 Å². The normalized spacial score (nSPS) is 16.6. The van der Waals surface area contributed by atoms with Crippen LogP contribution in [0.4, 0.5) is 4.79 Å². The molecule has 1 unspecified atom stereocenters. The highest BCUT2D eigenvalue weighted by Gasteiger charge is 2.27. The minimum Gasteiger partial charge on any atom is -0.484 e. The summed E-state index contributed by atoms with van der Waals surface area (Å²) in [4.78, 5) is 46.4. The number of carbonyl (C=O) groups excluding carboxylic acids is 4. The van der Waals surface area contributed by atoms with Crippen LogP contribution in [-0.2, 0) is 19.1 Å². The predicted octanol–water partition coefficient (Wildman–Crippen LogP) is 1.23. The van der Waals surface area contributed by atoms with Crippen molar-refractivity contribution in [1.82, 2.24) is 16.0 Å². The largest absolute Gasteiger partial charge is 0.484 e. The molecule has 1 heterocycles. The van der Waals surface area contributed by atoms with E-state index in [2.05, 4.69) is 16.0 Å². The lowest BCUT2D eigenvalue weighted by atomic mass is 9.90. The lowest BCUT2D eigenvalue weighted by Crippen LogP contribution is -2.39. The van der Waals surface area contributed by atoms with E-state index >= 15 is 0 Å². The van der Waals surface area contributed by atoms with Crippen LogP contribution in [0, 0.1) is 0 Å². The molecule has 29 heavy (non-hydrogen) atoms. The molecule has 1 aromatic rings. The fourth-order valence-electron chi connectivity index (χ4n) is 2.69. The highest BCUT2D eigenvalue weighted by molar-refractivity contribution is 6.00. The summed E-state index contributed by atoms with van der Waals surface area (Å²) < 4.78 is 10.5. The van der Waals surface area contributed by atoms with Crippen molar-refractivity contribution in [3.05, 3.63) is 29.8 Å². The van der Waals surface area contributed by atoms with Gasteiger partial charge in [0.05, 0.1) is 5.92 Å². The summed E-state index contributed by atoms with van der Waals surface area (Å²) in [5.74, 6) is -0.747. The van der Waals surface area contributed by atoms with Gasteiger partial charge in [0.25, 0.3) is 5.91 Å². The van der Waals surface area contributed by atoms with Crippen LogP contribution in [0.1, 0.15) is 45.1 Å². The van der Waals surface area contributed by atoms with E-state index in [4.69, 9.17) is 9.47 Å². The number of imide groups is 1. The highest BCUT2D eigenvalue weighted by Crippen LogP contribution is 2.26. The molecular formula is C20H27N3O6. The maximum atomic E-state index is 11.9. The smallest absolute Gasteiger partial charge is 0.407 e. The van der Waals surface area contributed by atoms with E-state index in [1.165, 1.54) is 0 Å². The Morgan fingerprint density at radius 3 is 2.38 bits per heavy atom. The molecule has 4 amide bonds. The van der Waals surface area contributed by atoms with Crippen LogP contribution in [0.3, 0.4) is 0 Å². The Kier molecular flexibility index (Phi) is 7.58. The van der Waals surface area contributed by atoms with Crippen molar-refractivity contribution < 1.29 is 28.7 Å². The van der Waals surface area contributed by atoms with Crippen molar-refractivity contribution in [1.29, 1.82) is 0 Å². The van der Waals surface area contributed by atoms with Gasteiger partial charge in [-0.25, -0.2) is 4.79 Å². The first-order valence-corrected chi connectivity index (χ1v) is 9.44. The fraction of sp³-hybridized carbons (Fsp3) is 0.500. The molecule has 9 heteroatoms. The molecule has 1 aromatic carbocycles. The van der Waals surface area contributed by atoms with Gasteiger partial charge in [-0.15, -0.1) is 0 Å². The molecule has 1 saturated heterocycles. The Morgan fingerprint density at radius 2 is 1.76 bits per heavy atom. The number of ether oxygens (including phenoxy) is 2. The Morgan fingerprint density at radius 1 is 1.10 bits per heavy atom. The number of amides is 4. The number of benzene rings is 1. The van der Waals surface area contributed by atoms with Crippen LogP contribution in [0.5, 0.6) is 5.75 Å². The minimum atomic E-state index is -0.574. The molecule has 9 nitrogen and oxygen atoms in total. The maximum absolute atomic E-state index is 11.9. The molecule has 1 aliphatic heterocycles. The number of rotatable bonds is 7. The summed E-state index contributed by atoms with van der Waals surface area (Å²) in [7, 11) is 0. The number of carbonyl (C=O) groups is 4. The first-order chi connectivity index (χ1) is 13.6. The van der Waals surface area contributed by atoms with Crippen molar-refractivity contribution in [3.63, 3.8) is 0 Å². The van der Waals surface area contributed by atoms with Crippen LogP contribution >= 0.6 is 0 Å². The molecule has 0 spiro atoms. The fourth-order valence-corrected chi connectivity index (χ4v) is 2.69. The van der Waals surface area contributed by atoms with Crippen LogP contribution < -0.4 is 20.7 Å². The second kappa shape index (κ2) is 9.90. The molecule has 2 rings (SSSR count). The molecule has 1 fully saturated rings. The van der Waals surface area contributed by atoms with Crippen molar-refractivity contribution in [2.75, 3.05) is 19.7 Å².